The Balaban J connectivity index is 1.56. The summed E-state index contributed by atoms with van der Waals surface area (Å²) in [5.41, 5.74) is 0.599. The molecule has 1 saturated heterocycles. The largest absolute Gasteiger partial charge is 0.379 e. The fourth-order valence-electron chi connectivity index (χ4n) is 2.96. The maximum Gasteiger partial charge on any atom is 0.255 e. The van der Waals surface area contributed by atoms with Crippen LogP contribution in [0.4, 0.5) is 5.82 Å². The molecule has 2 N–H and O–H groups in total. The molecule has 1 aliphatic heterocycles. The van der Waals surface area contributed by atoms with Crippen molar-refractivity contribution in [2.24, 2.45) is 0 Å². The second-order valence-corrected chi connectivity index (χ2v) is 7.39. The van der Waals surface area contributed by atoms with Crippen LogP contribution in [0.3, 0.4) is 0 Å². The second-order valence-electron chi connectivity index (χ2n) is 6.36. The molecule has 0 spiro atoms. The van der Waals surface area contributed by atoms with E-state index >= 15 is 0 Å². The number of carbonyl (C=O) groups excluding carboxylic acids is 1. The molecule has 1 aliphatic rings. The summed E-state index contributed by atoms with van der Waals surface area (Å²) in [4.78, 5) is 22.0. The predicted molar refractivity (Wildman–Crippen MR) is 99.6 cm³/mol. The zero-order valence-electron chi connectivity index (χ0n) is 14.6. The summed E-state index contributed by atoms with van der Waals surface area (Å²) in [6.45, 7) is 3.82. The average Bonchev–Trinajstić information content (AvgIpc) is 3.30. The van der Waals surface area contributed by atoms with Gasteiger partial charge >= 0.3 is 0 Å². The number of hydrogen-bond donors (Lipinski definition) is 2. The Morgan fingerprint density at radius 3 is 3.00 bits per heavy atom. The first-order chi connectivity index (χ1) is 12.0. The van der Waals surface area contributed by atoms with Crippen molar-refractivity contribution in [1.82, 2.24) is 14.8 Å². The monoisotopic (exact) mass is 360 g/mol. The third-order valence-electron chi connectivity index (χ3n) is 4.65. The van der Waals surface area contributed by atoms with Crippen molar-refractivity contribution in [3.8, 4) is 0 Å². The number of anilines is 1. The van der Waals surface area contributed by atoms with Gasteiger partial charge in [0.25, 0.3) is 5.91 Å². The van der Waals surface area contributed by atoms with Gasteiger partial charge in [-0.1, -0.05) is 6.07 Å². The van der Waals surface area contributed by atoms with Gasteiger partial charge in [-0.15, -0.1) is 11.3 Å². The Bertz CT molecular complexity index is 688. The zero-order valence-corrected chi connectivity index (χ0v) is 15.4. The SMILES string of the molecule is CC(O)N(C)[C@H]1CCN(C(=O)c2ccc(NCc3cccs3)nc2)C1. The maximum atomic E-state index is 12.6. The minimum absolute atomic E-state index is 0.00111. The first-order valence-corrected chi connectivity index (χ1v) is 9.34. The highest BCUT2D eigenvalue weighted by atomic mass is 32.1. The van der Waals surface area contributed by atoms with Gasteiger partial charge < -0.3 is 15.3 Å². The van der Waals surface area contributed by atoms with Gasteiger partial charge in [0.15, 0.2) is 0 Å². The van der Waals surface area contributed by atoms with Gasteiger partial charge in [0.05, 0.1) is 12.1 Å². The van der Waals surface area contributed by atoms with Gasteiger partial charge in [-0.3, -0.25) is 9.69 Å². The number of thiophene rings is 1. The standard InChI is InChI=1S/C18H24N4O2S/c1-13(23)21(2)15-7-8-22(12-15)18(24)14-5-6-17(19-10-14)20-11-16-4-3-9-25-16/h3-6,9-10,13,15,23H,7-8,11-12H2,1-2H3,(H,19,20)/t13?,15-/m0/s1. The average molecular weight is 360 g/mol. The van der Waals surface area contributed by atoms with E-state index in [2.05, 4.69) is 16.4 Å². The van der Waals surface area contributed by atoms with Crippen LogP contribution in [0.5, 0.6) is 0 Å². The number of carbonyl (C=O) groups is 1. The fraction of sp³-hybridized carbons (Fsp3) is 0.444. The number of rotatable bonds is 6. The molecule has 0 saturated carbocycles. The zero-order chi connectivity index (χ0) is 17.8. The minimum atomic E-state index is -0.504. The number of nitrogens with one attached hydrogen (secondary N) is 1. The van der Waals surface area contributed by atoms with Crippen molar-refractivity contribution in [3.63, 3.8) is 0 Å². The summed E-state index contributed by atoms with van der Waals surface area (Å²) in [7, 11) is 1.89. The Labute approximate surface area is 152 Å². The molecule has 25 heavy (non-hydrogen) atoms. The highest BCUT2D eigenvalue weighted by molar-refractivity contribution is 7.09. The van der Waals surface area contributed by atoms with Crippen LogP contribution in [0.1, 0.15) is 28.6 Å². The lowest BCUT2D eigenvalue weighted by molar-refractivity contribution is 0.0109. The second kappa shape index (κ2) is 7.95. The summed E-state index contributed by atoms with van der Waals surface area (Å²) >= 11 is 1.70. The van der Waals surface area contributed by atoms with Crippen LogP contribution in [0.2, 0.25) is 0 Å². The number of amides is 1. The molecule has 1 fully saturated rings. The summed E-state index contributed by atoms with van der Waals surface area (Å²) in [5, 5.41) is 15.0. The lowest BCUT2D eigenvalue weighted by Crippen LogP contribution is -2.41. The quantitative estimate of drug-likeness (QED) is 0.773. The fourth-order valence-corrected chi connectivity index (χ4v) is 3.61. The van der Waals surface area contributed by atoms with E-state index in [0.717, 1.165) is 18.8 Å². The normalized spacial score (nSPS) is 18.6. The molecule has 2 aromatic heterocycles. The van der Waals surface area contributed by atoms with Gasteiger partial charge in [0, 0.05) is 30.2 Å². The molecular weight excluding hydrogens is 336 g/mol. The third-order valence-corrected chi connectivity index (χ3v) is 5.53. The van der Waals surface area contributed by atoms with Gasteiger partial charge in [-0.2, -0.15) is 0 Å². The summed E-state index contributed by atoms with van der Waals surface area (Å²) < 4.78 is 0. The third kappa shape index (κ3) is 4.36. The van der Waals surface area contributed by atoms with E-state index in [4.69, 9.17) is 0 Å². The van der Waals surface area contributed by atoms with E-state index in [1.54, 1.807) is 24.5 Å². The molecule has 0 aliphatic carbocycles. The Morgan fingerprint density at radius 2 is 2.36 bits per heavy atom. The lowest BCUT2D eigenvalue weighted by atomic mass is 10.2. The first kappa shape index (κ1) is 17.8. The van der Waals surface area contributed by atoms with Crippen LogP contribution >= 0.6 is 11.3 Å². The molecule has 6 nitrogen and oxygen atoms in total. The molecule has 1 amide bonds. The summed E-state index contributed by atoms with van der Waals surface area (Å²) in [5.74, 6) is 0.761. The molecule has 134 valence electrons. The van der Waals surface area contributed by atoms with Gasteiger partial charge in [-0.05, 0) is 44.0 Å². The van der Waals surface area contributed by atoms with E-state index in [9.17, 15) is 9.90 Å². The van der Waals surface area contributed by atoms with E-state index in [1.165, 1.54) is 4.88 Å². The van der Waals surface area contributed by atoms with Crippen LogP contribution in [0.25, 0.3) is 0 Å². The van der Waals surface area contributed by atoms with Crippen molar-refractivity contribution < 1.29 is 9.90 Å². The number of likely N-dealkylation sites (tertiary alicyclic amines) is 1. The van der Waals surface area contributed by atoms with Crippen LogP contribution in [0.15, 0.2) is 35.8 Å². The van der Waals surface area contributed by atoms with E-state index in [-0.39, 0.29) is 11.9 Å². The Kier molecular flexibility index (Phi) is 5.67. The smallest absolute Gasteiger partial charge is 0.255 e. The topological polar surface area (TPSA) is 68.7 Å². The highest BCUT2D eigenvalue weighted by Gasteiger charge is 2.30. The van der Waals surface area contributed by atoms with Crippen LogP contribution in [0, 0.1) is 0 Å². The molecule has 0 bridgehead atoms. The van der Waals surface area contributed by atoms with Gasteiger partial charge in [0.1, 0.15) is 12.0 Å². The maximum absolute atomic E-state index is 12.6. The molecule has 1 unspecified atom stereocenters. The molecule has 2 atom stereocenters. The highest BCUT2D eigenvalue weighted by Crippen LogP contribution is 2.19. The van der Waals surface area contributed by atoms with E-state index < -0.39 is 6.23 Å². The number of aliphatic hydroxyl groups excluding tert-OH is 1. The van der Waals surface area contributed by atoms with Crippen LogP contribution < -0.4 is 5.32 Å². The van der Waals surface area contributed by atoms with Crippen LogP contribution in [-0.2, 0) is 6.54 Å². The number of aliphatic hydroxyl groups is 1. The number of nitrogens with zero attached hydrogens (tertiary/aromatic N) is 3. The molecule has 2 aromatic rings. The number of aromatic nitrogens is 1. The summed E-state index contributed by atoms with van der Waals surface area (Å²) in [6, 6.07) is 7.95. The van der Waals surface area contributed by atoms with Crippen molar-refractivity contribution in [3.05, 3.63) is 46.3 Å². The Morgan fingerprint density at radius 1 is 1.52 bits per heavy atom. The number of likely N-dealkylation sites (N-methyl/N-ethyl adjacent to an activating group) is 1. The molecular formula is C18H24N4O2S. The molecule has 3 heterocycles. The molecule has 0 aromatic carbocycles. The van der Waals surface area contributed by atoms with Crippen molar-refractivity contribution >= 4 is 23.1 Å². The van der Waals surface area contributed by atoms with Crippen molar-refractivity contribution in [1.29, 1.82) is 0 Å². The van der Waals surface area contributed by atoms with E-state index in [1.807, 2.05) is 40.4 Å². The minimum Gasteiger partial charge on any atom is -0.379 e. The molecule has 3 rings (SSSR count). The summed E-state index contributed by atoms with van der Waals surface area (Å²) in [6.07, 6.45) is 2.00. The molecule has 7 heteroatoms. The van der Waals surface area contributed by atoms with Crippen molar-refractivity contribution in [2.75, 3.05) is 25.5 Å². The van der Waals surface area contributed by atoms with Gasteiger partial charge in [-0.25, -0.2) is 4.98 Å². The lowest BCUT2D eigenvalue weighted by Gasteiger charge is -2.27. The predicted octanol–water partition coefficient (Wildman–Crippen LogP) is 2.24. The first-order valence-electron chi connectivity index (χ1n) is 8.46. The van der Waals surface area contributed by atoms with Crippen LogP contribution in [-0.4, -0.2) is 58.2 Å². The number of hydrogen-bond acceptors (Lipinski definition) is 6. The molecule has 0 radical (unpaired) electrons. The Hall–Kier alpha value is -1.96. The van der Waals surface area contributed by atoms with Gasteiger partial charge in [0.2, 0.25) is 0 Å². The number of pyridine rings is 1. The van der Waals surface area contributed by atoms with E-state index in [0.29, 0.717) is 18.7 Å². The van der Waals surface area contributed by atoms with Crippen molar-refractivity contribution in [2.45, 2.75) is 32.2 Å².